The summed E-state index contributed by atoms with van der Waals surface area (Å²) >= 11 is 1.81. The fourth-order valence-electron chi connectivity index (χ4n) is 1.82. The van der Waals surface area contributed by atoms with Crippen molar-refractivity contribution in [1.29, 1.82) is 0 Å². The Morgan fingerprint density at radius 2 is 2.12 bits per heavy atom. The van der Waals surface area contributed by atoms with Crippen molar-refractivity contribution in [3.05, 3.63) is 24.0 Å². The van der Waals surface area contributed by atoms with E-state index >= 15 is 0 Å². The van der Waals surface area contributed by atoms with Crippen molar-refractivity contribution in [3.63, 3.8) is 0 Å². The average Bonchev–Trinajstić information content (AvgIpc) is 2.76. The fraction of sp³-hybridized carbons (Fsp3) is 0.538. The lowest BCUT2D eigenvalue weighted by atomic mass is 9.97. The number of nitrogens with one attached hydrogen (secondary N) is 1. The minimum absolute atomic E-state index is 0.144. The fourth-order valence-corrected chi connectivity index (χ4v) is 3.15. The molecular weight excluding hydrogens is 230 g/mol. The minimum atomic E-state index is 0.144. The van der Waals surface area contributed by atoms with Crippen molar-refractivity contribution in [2.45, 2.75) is 39.2 Å². The Bertz CT molecular complexity index is 407. The highest BCUT2D eigenvalue weighted by Gasteiger charge is 2.31. The zero-order valence-electron chi connectivity index (χ0n) is 10.7. The molecule has 3 nitrogen and oxygen atoms in total. The molecule has 17 heavy (non-hydrogen) atoms. The van der Waals surface area contributed by atoms with Crippen LogP contribution in [0.3, 0.4) is 0 Å². The van der Waals surface area contributed by atoms with E-state index in [1.807, 2.05) is 37.0 Å². The molecule has 0 radical (unpaired) electrons. The van der Waals surface area contributed by atoms with Gasteiger partial charge in [0.2, 0.25) is 0 Å². The predicted octanol–water partition coefficient (Wildman–Crippen LogP) is 3.46. The van der Waals surface area contributed by atoms with Crippen molar-refractivity contribution in [2.24, 2.45) is 4.99 Å². The van der Waals surface area contributed by atoms with Crippen LogP contribution >= 0.6 is 11.8 Å². The summed E-state index contributed by atoms with van der Waals surface area (Å²) in [6, 6.07) is 4.05. The van der Waals surface area contributed by atoms with Gasteiger partial charge in [-0.25, -0.2) is 0 Å². The number of hydrogen-bond acceptors (Lipinski definition) is 4. The quantitative estimate of drug-likeness (QED) is 0.891. The molecule has 2 rings (SSSR count). The molecule has 2 heterocycles. The summed E-state index contributed by atoms with van der Waals surface area (Å²) < 4.78 is 0. The lowest BCUT2D eigenvalue weighted by Crippen LogP contribution is -2.24. The van der Waals surface area contributed by atoms with E-state index in [1.165, 1.54) is 0 Å². The van der Waals surface area contributed by atoms with Gasteiger partial charge in [-0.05, 0) is 31.9 Å². The summed E-state index contributed by atoms with van der Waals surface area (Å²) in [6.07, 6.45) is 4.07. The number of thioether (sulfide) groups is 1. The van der Waals surface area contributed by atoms with Crippen molar-refractivity contribution >= 4 is 22.6 Å². The maximum atomic E-state index is 4.81. The van der Waals surface area contributed by atoms with Crippen LogP contribution in [-0.4, -0.2) is 21.4 Å². The first-order valence-corrected chi connectivity index (χ1v) is 7.08. The van der Waals surface area contributed by atoms with Crippen LogP contribution in [0.1, 0.15) is 32.4 Å². The van der Waals surface area contributed by atoms with E-state index in [9.17, 15) is 0 Å². The molecule has 0 amide bonds. The molecule has 1 aromatic rings. The van der Waals surface area contributed by atoms with E-state index in [2.05, 4.69) is 24.1 Å². The Labute approximate surface area is 107 Å². The normalized spacial score (nSPS) is 17.9. The second kappa shape index (κ2) is 5.08. The van der Waals surface area contributed by atoms with Crippen molar-refractivity contribution in [3.8, 4) is 0 Å². The van der Waals surface area contributed by atoms with Gasteiger partial charge < -0.3 is 5.32 Å². The third-order valence-corrected chi connectivity index (χ3v) is 4.44. The molecule has 0 bridgehead atoms. The number of hydrogen-bond donors (Lipinski definition) is 1. The highest BCUT2D eigenvalue weighted by Crippen LogP contribution is 2.33. The topological polar surface area (TPSA) is 37.3 Å². The van der Waals surface area contributed by atoms with Gasteiger partial charge >= 0.3 is 0 Å². The van der Waals surface area contributed by atoms with E-state index in [0.29, 0.717) is 0 Å². The van der Waals surface area contributed by atoms with Gasteiger partial charge in [0.1, 0.15) is 0 Å². The standard InChI is InChI=1S/C13H19N3S/c1-4-13(5-2)9-17-12(16-13)15-11-7-6-10(3)14-8-11/h6-8H,4-5,9H2,1-3H3,(H,15,16). The van der Waals surface area contributed by atoms with Crippen molar-refractivity contribution in [1.82, 2.24) is 4.98 Å². The molecule has 1 aliphatic heterocycles. The molecule has 0 fully saturated rings. The summed E-state index contributed by atoms with van der Waals surface area (Å²) in [5.41, 5.74) is 2.20. The van der Waals surface area contributed by atoms with Crippen LogP contribution in [0.4, 0.5) is 5.69 Å². The third-order valence-electron chi connectivity index (χ3n) is 3.30. The highest BCUT2D eigenvalue weighted by atomic mass is 32.2. The van der Waals surface area contributed by atoms with E-state index in [-0.39, 0.29) is 5.54 Å². The molecule has 0 aliphatic carbocycles. The first-order valence-electron chi connectivity index (χ1n) is 6.10. The number of aryl methyl sites for hydroxylation is 1. The molecule has 0 spiro atoms. The Balaban J connectivity index is 2.08. The second-order valence-corrected chi connectivity index (χ2v) is 5.41. The molecule has 4 heteroatoms. The predicted molar refractivity (Wildman–Crippen MR) is 75.8 cm³/mol. The molecule has 0 unspecified atom stereocenters. The van der Waals surface area contributed by atoms with E-state index in [1.54, 1.807) is 0 Å². The number of rotatable bonds is 3. The Kier molecular flexibility index (Phi) is 3.72. The van der Waals surface area contributed by atoms with Gasteiger partial charge in [-0.1, -0.05) is 25.6 Å². The smallest absolute Gasteiger partial charge is 0.161 e. The molecule has 1 aromatic heterocycles. The number of pyridine rings is 1. The van der Waals surface area contributed by atoms with Crippen LogP contribution in [0.5, 0.6) is 0 Å². The van der Waals surface area contributed by atoms with Crippen LogP contribution in [-0.2, 0) is 0 Å². The number of aromatic nitrogens is 1. The van der Waals surface area contributed by atoms with Crippen LogP contribution in [0.15, 0.2) is 23.3 Å². The Morgan fingerprint density at radius 1 is 1.35 bits per heavy atom. The van der Waals surface area contributed by atoms with Crippen LogP contribution < -0.4 is 5.32 Å². The molecule has 1 N–H and O–H groups in total. The first kappa shape index (κ1) is 12.4. The molecular formula is C13H19N3S. The van der Waals surface area contributed by atoms with Crippen molar-refractivity contribution in [2.75, 3.05) is 11.1 Å². The monoisotopic (exact) mass is 249 g/mol. The van der Waals surface area contributed by atoms with Gasteiger partial charge in [-0.2, -0.15) is 0 Å². The maximum Gasteiger partial charge on any atom is 0.161 e. The molecule has 0 saturated carbocycles. The largest absolute Gasteiger partial charge is 0.334 e. The van der Waals surface area contributed by atoms with Gasteiger partial charge in [0.25, 0.3) is 0 Å². The number of aliphatic imine (C=N–C) groups is 1. The zero-order chi connectivity index (χ0) is 12.3. The van der Waals surface area contributed by atoms with Gasteiger partial charge in [0.15, 0.2) is 5.17 Å². The average molecular weight is 249 g/mol. The summed E-state index contributed by atoms with van der Waals surface area (Å²) in [7, 11) is 0. The third kappa shape index (κ3) is 2.80. The minimum Gasteiger partial charge on any atom is -0.334 e. The Morgan fingerprint density at radius 3 is 2.65 bits per heavy atom. The number of nitrogens with zero attached hydrogens (tertiary/aromatic N) is 2. The summed E-state index contributed by atoms with van der Waals surface area (Å²) in [5.74, 6) is 1.08. The summed E-state index contributed by atoms with van der Waals surface area (Å²) in [6.45, 7) is 6.42. The molecule has 0 aromatic carbocycles. The molecule has 0 saturated heterocycles. The SMILES string of the molecule is CCC1(CC)CSC(Nc2ccc(C)nc2)=N1. The van der Waals surface area contributed by atoms with Gasteiger partial charge in [-0.15, -0.1) is 0 Å². The van der Waals surface area contributed by atoms with Crippen LogP contribution in [0.25, 0.3) is 0 Å². The van der Waals surface area contributed by atoms with E-state index in [4.69, 9.17) is 4.99 Å². The maximum absolute atomic E-state index is 4.81. The second-order valence-electron chi connectivity index (χ2n) is 4.45. The zero-order valence-corrected chi connectivity index (χ0v) is 11.5. The van der Waals surface area contributed by atoms with Gasteiger partial charge in [-0.3, -0.25) is 9.98 Å². The summed E-state index contributed by atoms with van der Waals surface area (Å²) in [4.78, 5) is 9.09. The highest BCUT2D eigenvalue weighted by molar-refractivity contribution is 8.14. The lowest BCUT2D eigenvalue weighted by Gasteiger charge is -2.20. The van der Waals surface area contributed by atoms with Gasteiger partial charge in [0, 0.05) is 11.4 Å². The van der Waals surface area contributed by atoms with Crippen LogP contribution in [0, 0.1) is 6.92 Å². The van der Waals surface area contributed by atoms with Gasteiger partial charge in [0.05, 0.1) is 17.4 Å². The first-order chi connectivity index (χ1) is 8.17. The summed E-state index contributed by atoms with van der Waals surface area (Å²) in [5, 5.41) is 4.37. The van der Waals surface area contributed by atoms with Crippen LogP contribution in [0.2, 0.25) is 0 Å². The number of amidine groups is 1. The van der Waals surface area contributed by atoms with E-state index < -0.39 is 0 Å². The molecule has 1 aliphatic rings. The number of anilines is 1. The lowest BCUT2D eigenvalue weighted by molar-refractivity contribution is 0.456. The molecule has 92 valence electrons. The van der Waals surface area contributed by atoms with Crippen molar-refractivity contribution < 1.29 is 0 Å². The molecule has 0 atom stereocenters. The Hall–Kier alpha value is -1.03. The van der Waals surface area contributed by atoms with E-state index in [0.717, 1.165) is 35.1 Å².